The van der Waals surface area contributed by atoms with E-state index >= 15 is 0 Å². The zero-order valence-electron chi connectivity index (χ0n) is 14.5. The van der Waals surface area contributed by atoms with Crippen molar-refractivity contribution in [3.05, 3.63) is 35.1 Å². The summed E-state index contributed by atoms with van der Waals surface area (Å²) in [6, 6.07) is 4.35. The molecule has 0 spiro atoms. The fraction of sp³-hybridized carbons (Fsp3) is 0.529. The van der Waals surface area contributed by atoms with Crippen LogP contribution in [0.25, 0.3) is 0 Å². The number of nitrogens with one attached hydrogen (secondary N) is 2. The molecular formula is C17H25FN2O3. The van der Waals surface area contributed by atoms with E-state index < -0.39 is 29.0 Å². The average molecular weight is 324 g/mol. The van der Waals surface area contributed by atoms with E-state index in [0.29, 0.717) is 0 Å². The first-order chi connectivity index (χ1) is 10.4. The molecule has 0 heterocycles. The van der Waals surface area contributed by atoms with Crippen molar-refractivity contribution in [2.75, 3.05) is 6.54 Å². The molecule has 128 valence electrons. The van der Waals surface area contributed by atoms with Gasteiger partial charge in [-0.3, -0.25) is 4.79 Å². The zero-order valence-corrected chi connectivity index (χ0v) is 14.5. The average Bonchev–Trinajstić information content (AvgIpc) is 2.37. The van der Waals surface area contributed by atoms with Crippen LogP contribution in [0.1, 0.15) is 50.5 Å². The number of ether oxygens (including phenoxy) is 1. The lowest BCUT2D eigenvalue weighted by Crippen LogP contribution is -2.52. The summed E-state index contributed by atoms with van der Waals surface area (Å²) in [5, 5.41) is 5.30. The van der Waals surface area contributed by atoms with Crippen molar-refractivity contribution in [1.29, 1.82) is 0 Å². The molecule has 5 nitrogen and oxygen atoms in total. The third-order valence-corrected chi connectivity index (χ3v) is 2.89. The maximum Gasteiger partial charge on any atom is 0.407 e. The van der Waals surface area contributed by atoms with Crippen LogP contribution >= 0.6 is 0 Å². The number of carbonyl (C=O) groups excluding carboxylic acids is 2. The van der Waals surface area contributed by atoms with Gasteiger partial charge in [0.05, 0.1) is 11.1 Å². The Morgan fingerprint density at radius 2 is 1.78 bits per heavy atom. The summed E-state index contributed by atoms with van der Waals surface area (Å²) in [6.45, 7) is 10.7. The molecule has 23 heavy (non-hydrogen) atoms. The van der Waals surface area contributed by atoms with Gasteiger partial charge < -0.3 is 15.4 Å². The highest BCUT2D eigenvalue weighted by atomic mass is 19.1. The van der Waals surface area contributed by atoms with Crippen LogP contribution in [-0.2, 0) is 4.74 Å². The van der Waals surface area contributed by atoms with Gasteiger partial charge in [0.1, 0.15) is 11.4 Å². The Morgan fingerprint density at radius 3 is 2.35 bits per heavy atom. The molecule has 0 aromatic heterocycles. The predicted octanol–water partition coefficient (Wildman–Crippen LogP) is 3.17. The predicted molar refractivity (Wildman–Crippen MR) is 86.9 cm³/mol. The first kappa shape index (κ1) is 18.9. The Balaban J connectivity index is 2.65. The number of halogens is 1. The molecule has 0 saturated carbocycles. The summed E-state index contributed by atoms with van der Waals surface area (Å²) in [7, 11) is 0. The Hall–Kier alpha value is -2.11. The van der Waals surface area contributed by atoms with Crippen LogP contribution in [0.4, 0.5) is 9.18 Å². The molecule has 0 unspecified atom stereocenters. The van der Waals surface area contributed by atoms with E-state index in [2.05, 4.69) is 10.6 Å². The molecule has 0 saturated heterocycles. The molecule has 0 atom stereocenters. The van der Waals surface area contributed by atoms with Crippen LogP contribution < -0.4 is 10.6 Å². The van der Waals surface area contributed by atoms with Crippen LogP contribution in [0.5, 0.6) is 0 Å². The van der Waals surface area contributed by atoms with Crippen LogP contribution in [-0.4, -0.2) is 29.7 Å². The maximum atomic E-state index is 13.7. The highest BCUT2D eigenvalue weighted by Crippen LogP contribution is 2.12. The Labute approximate surface area is 136 Å². The first-order valence-electron chi connectivity index (χ1n) is 7.45. The van der Waals surface area contributed by atoms with Crippen LogP contribution in [0, 0.1) is 12.7 Å². The summed E-state index contributed by atoms with van der Waals surface area (Å²) in [5.74, 6) is -1.11. The molecule has 0 bridgehead atoms. The van der Waals surface area contributed by atoms with E-state index in [0.717, 1.165) is 5.56 Å². The Bertz CT molecular complexity index is 592. The molecule has 2 amide bonds. The van der Waals surface area contributed by atoms with Gasteiger partial charge in [0.25, 0.3) is 5.91 Å². The van der Waals surface area contributed by atoms with Gasteiger partial charge in [-0.2, -0.15) is 0 Å². The van der Waals surface area contributed by atoms with Gasteiger partial charge in [-0.1, -0.05) is 11.6 Å². The third kappa shape index (κ3) is 6.67. The fourth-order valence-corrected chi connectivity index (χ4v) is 1.84. The van der Waals surface area contributed by atoms with Gasteiger partial charge >= 0.3 is 6.09 Å². The summed E-state index contributed by atoms with van der Waals surface area (Å²) in [4.78, 5) is 23.9. The van der Waals surface area contributed by atoms with Gasteiger partial charge in [0.2, 0.25) is 0 Å². The van der Waals surface area contributed by atoms with Crippen molar-refractivity contribution in [1.82, 2.24) is 10.6 Å². The van der Waals surface area contributed by atoms with Gasteiger partial charge in [0, 0.05) is 6.54 Å². The van der Waals surface area contributed by atoms with Crippen LogP contribution in [0.2, 0.25) is 0 Å². The van der Waals surface area contributed by atoms with Gasteiger partial charge in [-0.25, -0.2) is 9.18 Å². The number of rotatable bonds is 4. The largest absolute Gasteiger partial charge is 0.444 e. The Kier molecular flexibility index (Phi) is 5.75. The molecule has 0 radical (unpaired) electrons. The molecule has 1 rings (SSSR count). The van der Waals surface area contributed by atoms with Crippen molar-refractivity contribution in [3.8, 4) is 0 Å². The van der Waals surface area contributed by atoms with E-state index in [1.54, 1.807) is 47.6 Å². The summed E-state index contributed by atoms with van der Waals surface area (Å²) >= 11 is 0. The summed E-state index contributed by atoms with van der Waals surface area (Å²) < 4.78 is 18.9. The number of aryl methyl sites for hydroxylation is 1. The highest BCUT2D eigenvalue weighted by Gasteiger charge is 2.25. The molecular weight excluding hydrogens is 299 g/mol. The van der Waals surface area contributed by atoms with E-state index in [-0.39, 0.29) is 12.1 Å². The van der Waals surface area contributed by atoms with E-state index in [1.165, 1.54) is 12.1 Å². The molecule has 0 aliphatic heterocycles. The number of hydrogen-bond acceptors (Lipinski definition) is 3. The quantitative estimate of drug-likeness (QED) is 0.894. The smallest absolute Gasteiger partial charge is 0.407 e. The van der Waals surface area contributed by atoms with Crippen molar-refractivity contribution in [3.63, 3.8) is 0 Å². The minimum Gasteiger partial charge on any atom is -0.444 e. The third-order valence-electron chi connectivity index (χ3n) is 2.89. The standard InChI is InChI=1S/C17H25FN2O3/c1-11-7-8-13(18)12(9-11)14(21)20-17(5,6)10-19-15(22)23-16(2,3)4/h7-9H,10H2,1-6H3,(H,19,22)(H,20,21). The normalized spacial score (nSPS) is 11.8. The zero-order chi connectivity index (χ0) is 17.8. The minimum absolute atomic E-state index is 0.0182. The van der Waals surface area contributed by atoms with Crippen LogP contribution in [0.3, 0.4) is 0 Å². The molecule has 0 aliphatic carbocycles. The second-order valence-electron chi connectivity index (χ2n) is 7.18. The van der Waals surface area contributed by atoms with Crippen molar-refractivity contribution < 1.29 is 18.7 Å². The van der Waals surface area contributed by atoms with E-state index in [1.807, 2.05) is 0 Å². The SMILES string of the molecule is Cc1ccc(F)c(C(=O)NC(C)(C)CNC(=O)OC(C)(C)C)c1. The molecule has 6 heteroatoms. The van der Waals surface area contributed by atoms with Crippen LogP contribution in [0.15, 0.2) is 18.2 Å². The topological polar surface area (TPSA) is 67.4 Å². The van der Waals surface area contributed by atoms with Gasteiger partial charge in [-0.05, 0) is 53.7 Å². The monoisotopic (exact) mass is 324 g/mol. The second-order valence-corrected chi connectivity index (χ2v) is 7.18. The summed E-state index contributed by atoms with van der Waals surface area (Å²) in [6.07, 6.45) is -0.568. The molecule has 1 aromatic rings. The van der Waals surface area contributed by atoms with Gasteiger partial charge in [0.15, 0.2) is 0 Å². The first-order valence-corrected chi connectivity index (χ1v) is 7.45. The van der Waals surface area contributed by atoms with E-state index in [4.69, 9.17) is 4.74 Å². The van der Waals surface area contributed by atoms with Gasteiger partial charge in [-0.15, -0.1) is 0 Å². The minimum atomic E-state index is -0.760. The van der Waals surface area contributed by atoms with Crippen molar-refractivity contribution in [2.45, 2.75) is 52.7 Å². The Morgan fingerprint density at radius 1 is 1.17 bits per heavy atom. The van der Waals surface area contributed by atoms with Crippen molar-refractivity contribution in [2.24, 2.45) is 0 Å². The lowest BCUT2D eigenvalue weighted by molar-refractivity contribution is 0.0509. The number of alkyl carbamates (subject to hydrolysis) is 1. The molecule has 0 aliphatic rings. The van der Waals surface area contributed by atoms with E-state index in [9.17, 15) is 14.0 Å². The lowest BCUT2D eigenvalue weighted by Gasteiger charge is -2.28. The molecule has 0 fully saturated rings. The number of hydrogen-bond donors (Lipinski definition) is 2. The van der Waals surface area contributed by atoms with Crippen molar-refractivity contribution >= 4 is 12.0 Å². The summed E-state index contributed by atoms with van der Waals surface area (Å²) in [5.41, 5.74) is -0.580. The number of amides is 2. The maximum absolute atomic E-state index is 13.7. The number of benzene rings is 1. The highest BCUT2D eigenvalue weighted by molar-refractivity contribution is 5.95. The fourth-order valence-electron chi connectivity index (χ4n) is 1.84. The lowest BCUT2D eigenvalue weighted by atomic mass is 10.0. The molecule has 2 N–H and O–H groups in total. The second kappa shape index (κ2) is 6.98. The molecule has 1 aromatic carbocycles. The number of carbonyl (C=O) groups is 2.